The minimum atomic E-state index is -0.0654. The number of carbonyl (C=O) groups is 1. The van der Waals surface area contributed by atoms with Crippen molar-refractivity contribution in [1.82, 2.24) is 10.1 Å². The molecule has 1 saturated heterocycles. The molecule has 0 atom stereocenters. The van der Waals surface area contributed by atoms with Crippen LogP contribution in [-0.4, -0.2) is 56.0 Å². The van der Waals surface area contributed by atoms with Crippen LogP contribution >= 0.6 is 0 Å². The lowest BCUT2D eigenvalue weighted by molar-refractivity contribution is 0.0317. The van der Waals surface area contributed by atoms with E-state index in [-0.39, 0.29) is 5.91 Å². The molecule has 0 N–H and O–H groups in total. The third kappa shape index (κ3) is 4.05. The Hall–Kier alpha value is -1.40. The van der Waals surface area contributed by atoms with Crippen molar-refractivity contribution in [2.24, 2.45) is 5.92 Å². The maximum absolute atomic E-state index is 12.2. The summed E-state index contributed by atoms with van der Waals surface area (Å²) >= 11 is 0. The van der Waals surface area contributed by atoms with E-state index in [1.165, 1.54) is 0 Å². The molecule has 20 heavy (non-hydrogen) atoms. The van der Waals surface area contributed by atoms with E-state index in [4.69, 9.17) is 14.0 Å². The monoisotopic (exact) mass is 282 g/mol. The second kappa shape index (κ2) is 7.40. The highest BCUT2D eigenvalue weighted by Gasteiger charge is 2.25. The quantitative estimate of drug-likeness (QED) is 0.740. The maximum Gasteiger partial charge on any atom is 0.292 e. The molecule has 2 rings (SSSR count). The summed E-state index contributed by atoms with van der Waals surface area (Å²) in [5.74, 6) is 0.786. The zero-order chi connectivity index (χ0) is 14.4. The molecular formula is C14H22N2O4. The molecule has 0 saturated carbocycles. The molecule has 0 bridgehead atoms. The Bertz CT molecular complexity index is 425. The van der Waals surface area contributed by atoms with Crippen LogP contribution in [-0.2, 0) is 9.47 Å². The van der Waals surface area contributed by atoms with Crippen LogP contribution < -0.4 is 0 Å². The van der Waals surface area contributed by atoms with Gasteiger partial charge in [0.15, 0.2) is 0 Å². The molecule has 0 aliphatic carbocycles. The Morgan fingerprint density at radius 3 is 2.80 bits per heavy atom. The van der Waals surface area contributed by atoms with Gasteiger partial charge in [-0.05, 0) is 25.7 Å². The third-order valence-electron chi connectivity index (χ3n) is 3.53. The number of aromatic nitrogens is 1. The maximum atomic E-state index is 12.2. The normalized spacial score (nSPS) is 16.6. The van der Waals surface area contributed by atoms with Gasteiger partial charge in [0.1, 0.15) is 0 Å². The Labute approximate surface area is 119 Å². The molecule has 0 aromatic carbocycles. The molecule has 1 aliphatic heterocycles. The Morgan fingerprint density at radius 1 is 1.45 bits per heavy atom. The van der Waals surface area contributed by atoms with Crippen molar-refractivity contribution in [3.63, 3.8) is 0 Å². The van der Waals surface area contributed by atoms with E-state index in [0.717, 1.165) is 38.2 Å². The summed E-state index contributed by atoms with van der Waals surface area (Å²) in [6.45, 7) is 5.31. The molecule has 6 heteroatoms. The van der Waals surface area contributed by atoms with Gasteiger partial charge in [0.25, 0.3) is 5.91 Å². The average molecular weight is 282 g/mol. The van der Waals surface area contributed by atoms with Gasteiger partial charge < -0.3 is 18.9 Å². The van der Waals surface area contributed by atoms with E-state index >= 15 is 0 Å². The SMILES string of the molecule is COCCOCC1CCN(C(=O)c2cc(C)no2)CC1. The average Bonchev–Trinajstić information content (AvgIpc) is 2.90. The van der Waals surface area contributed by atoms with Gasteiger partial charge in [0.2, 0.25) is 5.76 Å². The van der Waals surface area contributed by atoms with Crippen molar-refractivity contribution < 1.29 is 18.8 Å². The van der Waals surface area contributed by atoms with E-state index in [0.29, 0.717) is 24.9 Å². The molecular weight excluding hydrogens is 260 g/mol. The highest BCUT2D eigenvalue weighted by molar-refractivity contribution is 5.91. The summed E-state index contributed by atoms with van der Waals surface area (Å²) in [6, 6.07) is 1.68. The summed E-state index contributed by atoms with van der Waals surface area (Å²) in [5, 5.41) is 3.75. The summed E-state index contributed by atoms with van der Waals surface area (Å²) < 4.78 is 15.5. The minimum Gasteiger partial charge on any atom is -0.382 e. The molecule has 1 aliphatic rings. The fraction of sp³-hybridized carbons (Fsp3) is 0.714. The first-order valence-electron chi connectivity index (χ1n) is 7.00. The Kier molecular flexibility index (Phi) is 5.55. The molecule has 2 heterocycles. The molecule has 1 amide bonds. The Morgan fingerprint density at radius 2 is 2.20 bits per heavy atom. The number of likely N-dealkylation sites (tertiary alicyclic amines) is 1. The fourth-order valence-electron chi connectivity index (χ4n) is 2.32. The summed E-state index contributed by atoms with van der Waals surface area (Å²) in [7, 11) is 1.67. The van der Waals surface area contributed by atoms with Gasteiger partial charge in [-0.25, -0.2) is 0 Å². The van der Waals surface area contributed by atoms with E-state index in [1.54, 1.807) is 13.2 Å². The van der Waals surface area contributed by atoms with Crippen LogP contribution in [0, 0.1) is 12.8 Å². The first kappa shape index (κ1) is 15.0. The van der Waals surface area contributed by atoms with Gasteiger partial charge in [-0.2, -0.15) is 0 Å². The highest BCUT2D eigenvalue weighted by Crippen LogP contribution is 2.19. The van der Waals surface area contributed by atoms with Crippen LogP contribution in [0.15, 0.2) is 10.6 Å². The summed E-state index contributed by atoms with van der Waals surface area (Å²) in [5.41, 5.74) is 0.731. The molecule has 112 valence electrons. The largest absolute Gasteiger partial charge is 0.382 e. The Balaban J connectivity index is 1.72. The fourth-order valence-corrected chi connectivity index (χ4v) is 2.32. The number of amides is 1. The standard InChI is InChI=1S/C14H22N2O4/c1-11-9-13(20-15-11)14(17)16-5-3-12(4-6-16)10-19-8-7-18-2/h9,12H,3-8,10H2,1-2H3. The highest BCUT2D eigenvalue weighted by atomic mass is 16.5. The van der Waals surface area contributed by atoms with Crippen LogP contribution in [0.25, 0.3) is 0 Å². The van der Waals surface area contributed by atoms with Crippen molar-refractivity contribution in [3.8, 4) is 0 Å². The number of methoxy groups -OCH3 is 1. The second-order valence-electron chi connectivity index (χ2n) is 5.14. The number of rotatable bonds is 6. The minimum absolute atomic E-state index is 0.0654. The topological polar surface area (TPSA) is 64.8 Å². The van der Waals surface area contributed by atoms with Crippen molar-refractivity contribution in [2.75, 3.05) is 40.0 Å². The lowest BCUT2D eigenvalue weighted by atomic mass is 9.97. The van der Waals surface area contributed by atoms with Gasteiger partial charge in [0, 0.05) is 32.9 Å². The zero-order valence-corrected chi connectivity index (χ0v) is 12.1. The first-order chi connectivity index (χ1) is 9.70. The van der Waals surface area contributed by atoms with Crippen molar-refractivity contribution >= 4 is 5.91 Å². The smallest absolute Gasteiger partial charge is 0.292 e. The number of piperidine rings is 1. The lowest BCUT2D eigenvalue weighted by Crippen LogP contribution is -2.39. The molecule has 0 radical (unpaired) electrons. The van der Waals surface area contributed by atoms with Crippen LogP contribution in [0.4, 0.5) is 0 Å². The molecule has 1 fully saturated rings. The number of nitrogens with zero attached hydrogens (tertiary/aromatic N) is 2. The molecule has 6 nitrogen and oxygen atoms in total. The first-order valence-corrected chi connectivity index (χ1v) is 7.00. The number of carbonyl (C=O) groups excluding carboxylic acids is 1. The van der Waals surface area contributed by atoms with E-state index in [1.807, 2.05) is 11.8 Å². The van der Waals surface area contributed by atoms with Crippen LogP contribution in [0.5, 0.6) is 0 Å². The van der Waals surface area contributed by atoms with Crippen molar-refractivity contribution in [2.45, 2.75) is 19.8 Å². The van der Waals surface area contributed by atoms with Crippen molar-refractivity contribution in [3.05, 3.63) is 17.5 Å². The predicted octanol–water partition coefficient (Wildman–Crippen LogP) is 1.50. The number of aryl methyl sites for hydroxylation is 1. The van der Waals surface area contributed by atoms with Gasteiger partial charge >= 0.3 is 0 Å². The second-order valence-corrected chi connectivity index (χ2v) is 5.14. The lowest BCUT2D eigenvalue weighted by Gasteiger charge is -2.31. The van der Waals surface area contributed by atoms with Crippen LogP contribution in [0.2, 0.25) is 0 Å². The van der Waals surface area contributed by atoms with Gasteiger partial charge in [-0.3, -0.25) is 4.79 Å². The number of hydrogen-bond donors (Lipinski definition) is 0. The van der Waals surface area contributed by atoms with E-state index < -0.39 is 0 Å². The molecule has 0 spiro atoms. The van der Waals surface area contributed by atoms with E-state index in [9.17, 15) is 4.79 Å². The van der Waals surface area contributed by atoms with Crippen molar-refractivity contribution in [1.29, 1.82) is 0 Å². The van der Waals surface area contributed by atoms with Crippen LogP contribution in [0.3, 0.4) is 0 Å². The predicted molar refractivity (Wildman–Crippen MR) is 72.6 cm³/mol. The van der Waals surface area contributed by atoms with E-state index in [2.05, 4.69) is 5.16 Å². The summed E-state index contributed by atoms with van der Waals surface area (Å²) in [6.07, 6.45) is 1.93. The zero-order valence-electron chi connectivity index (χ0n) is 12.1. The van der Waals surface area contributed by atoms with Gasteiger partial charge in [0.05, 0.1) is 18.9 Å². The third-order valence-corrected chi connectivity index (χ3v) is 3.53. The molecule has 1 aromatic rings. The molecule has 0 unspecified atom stereocenters. The van der Waals surface area contributed by atoms with Crippen LogP contribution in [0.1, 0.15) is 29.1 Å². The van der Waals surface area contributed by atoms with Gasteiger partial charge in [-0.1, -0.05) is 5.16 Å². The summed E-state index contributed by atoms with van der Waals surface area (Å²) in [4.78, 5) is 14.0. The molecule has 1 aromatic heterocycles. The number of hydrogen-bond acceptors (Lipinski definition) is 5. The number of ether oxygens (including phenoxy) is 2. The van der Waals surface area contributed by atoms with Gasteiger partial charge in [-0.15, -0.1) is 0 Å².